The minimum Gasteiger partial charge on any atom is -0.397 e. The van der Waals surface area contributed by atoms with Crippen molar-refractivity contribution in [3.05, 3.63) is 54.9 Å². The van der Waals surface area contributed by atoms with Crippen molar-refractivity contribution >= 4 is 60.7 Å². The van der Waals surface area contributed by atoms with Crippen molar-refractivity contribution in [2.24, 2.45) is 0 Å². The summed E-state index contributed by atoms with van der Waals surface area (Å²) in [6.45, 7) is 3.79. The average Bonchev–Trinajstić information content (AvgIpc) is 2.47. The second-order valence-corrected chi connectivity index (χ2v) is 6.65. The first-order valence-electron chi connectivity index (χ1n) is 6.13. The summed E-state index contributed by atoms with van der Waals surface area (Å²) in [5, 5.41) is 3.44. The van der Waals surface area contributed by atoms with Crippen LogP contribution in [-0.4, -0.2) is 5.91 Å². The van der Waals surface area contributed by atoms with E-state index in [1.165, 1.54) is 0 Å². The predicted octanol–water partition coefficient (Wildman–Crippen LogP) is 5.32. The van der Waals surface area contributed by atoms with Crippen molar-refractivity contribution in [1.82, 2.24) is 0 Å². The average molecular weight is 433 g/mol. The van der Waals surface area contributed by atoms with Crippen LogP contribution in [0.5, 0.6) is 0 Å². The van der Waals surface area contributed by atoms with Crippen LogP contribution in [0.1, 0.15) is 21.5 Å². The Labute approximate surface area is 145 Å². The highest BCUT2D eigenvalue weighted by Gasteiger charge is 2.17. The van der Waals surface area contributed by atoms with Crippen LogP contribution in [0.2, 0.25) is 5.02 Å². The molecule has 0 aliphatic heterocycles. The van der Waals surface area contributed by atoms with Gasteiger partial charge in [0.2, 0.25) is 0 Å². The van der Waals surface area contributed by atoms with E-state index in [1.807, 2.05) is 13.8 Å². The fraction of sp³-hybridized carbons (Fsp3) is 0.133. The molecular formula is C15H13Br2ClN2O. The summed E-state index contributed by atoms with van der Waals surface area (Å²) in [5.41, 5.74) is 9.60. The lowest BCUT2D eigenvalue weighted by Gasteiger charge is -2.17. The maximum atomic E-state index is 12.3. The Bertz CT molecular complexity index is 703. The van der Waals surface area contributed by atoms with Crippen LogP contribution in [-0.2, 0) is 0 Å². The summed E-state index contributed by atoms with van der Waals surface area (Å²) >= 11 is 12.8. The van der Waals surface area contributed by atoms with E-state index in [0.29, 0.717) is 16.3 Å². The number of rotatable bonds is 2. The van der Waals surface area contributed by atoms with Crippen LogP contribution in [0, 0.1) is 13.8 Å². The molecule has 0 radical (unpaired) electrons. The normalized spacial score (nSPS) is 10.5. The number of carbonyl (C=O) groups is 1. The SMILES string of the molecule is Cc1c(Br)c(N)c(Br)c(C)c1NC(=O)c1cccc(Cl)c1. The number of halogens is 3. The molecule has 1 amide bonds. The third-order valence-electron chi connectivity index (χ3n) is 3.21. The molecule has 0 aliphatic rings. The van der Waals surface area contributed by atoms with Crippen molar-refractivity contribution in [3.63, 3.8) is 0 Å². The molecular weight excluding hydrogens is 419 g/mol. The molecule has 0 saturated carbocycles. The highest BCUT2D eigenvalue weighted by Crippen LogP contribution is 2.40. The van der Waals surface area contributed by atoms with Gasteiger partial charge in [-0.05, 0) is 75.0 Å². The van der Waals surface area contributed by atoms with Gasteiger partial charge in [0.1, 0.15) is 0 Å². The molecule has 0 fully saturated rings. The van der Waals surface area contributed by atoms with E-state index >= 15 is 0 Å². The minimum absolute atomic E-state index is 0.215. The van der Waals surface area contributed by atoms with Crippen molar-refractivity contribution in [2.75, 3.05) is 11.1 Å². The Balaban J connectivity index is 2.43. The van der Waals surface area contributed by atoms with Gasteiger partial charge in [-0.15, -0.1) is 0 Å². The van der Waals surface area contributed by atoms with E-state index in [-0.39, 0.29) is 5.91 Å². The van der Waals surface area contributed by atoms with E-state index in [4.69, 9.17) is 17.3 Å². The molecule has 0 unspecified atom stereocenters. The summed E-state index contributed by atoms with van der Waals surface area (Å²) in [6, 6.07) is 6.81. The standard InChI is InChI=1S/C15H13Br2ClN2O/c1-7-11(16)13(19)12(17)8(2)14(7)20-15(21)9-4-3-5-10(18)6-9/h3-6H,19H2,1-2H3,(H,20,21). The van der Waals surface area contributed by atoms with Crippen molar-refractivity contribution in [2.45, 2.75) is 13.8 Å². The topological polar surface area (TPSA) is 55.1 Å². The van der Waals surface area contributed by atoms with Crippen LogP contribution in [0.3, 0.4) is 0 Å². The van der Waals surface area contributed by atoms with Crippen molar-refractivity contribution in [3.8, 4) is 0 Å². The van der Waals surface area contributed by atoms with Gasteiger partial charge < -0.3 is 11.1 Å². The molecule has 2 aromatic rings. The number of hydrogen-bond acceptors (Lipinski definition) is 2. The molecule has 0 aromatic heterocycles. The zero-order chi connectivity index (χ0) is 15.7. The van der Waals surface area contributed by atoms with Crippen LogP contribution in [0.25, 0.3) is 0 Å². The summed E-state index contributed by atoms with van der Waals surface area (Å²) in [4.78, 5) is 12.3. The number of nitrogens with one attached hydrogen (secondary N) is 1. The third-order valence-corrected chi connectivity index (χ3v) is 5.49. The van der Waals surface area contributed by atoms with Gasteiger partial charge in [-0.3, -0.25) is 4.79 Å². The van der Waals surface area contributed by atoms with Crippen LogP contribution in [0.4, 0.5) is 11.4 Å². The minimum atomic E-state index is -0.215. The number of benzene rings is 2. The van der Waals surface area contributed by atoms with Gasteiger partial charge >= 0.3 is 0 Å². The van der Waals surface area contributed by atoms with Gasteiger partial charge in [-0.2, -0.15) is 0 Å². The van der Waals surface area contributed by atoms with Gasteiger partial charge in [0.05, 0.1) is 5.69 Å². The Morgan fingerprint density at radius 2 is 1.76 bits per heavy atom. The van der Waals surface area contributed by atoms with Crippen LogP contribution in [0.15, 0.2) is 33.2 Å². The lowest BCUT2D eigenvalue weighted by Crippen LogP contribution is -2.14. The largest absolute Gasteiger partial charge is 0.397 e. The van der Waals surface area contributed by atoms with E-state index in [1.54, 1.807) is 24.3 Å². The summed E-state index contributed by atoms with van der Waals surface area (Å²) in [6.07, 6.45) is 0. The highest BCUT2D eigenvalue weighted by molar-refractivity contribution is 9.11. The monoisotopic (exact) mass is 430 g/mol. The molecule has 3 N–H and O–H groups in total. The molecule has 6 heteroatoms. The number of hydrogen-bond donors (Lipinski definition) is 2. The first kappa shape index (κ1) is 16.3. The second kappa shape index (κ2) is 6.38. The first-order valence-corrected chi connectivity index (χ1v) is 8.10. The fourth-order valence-corrected chi connectivity index (χ4v) is 3.25. The van der Waals surface area contributed by atoms with Gasteiger partial charge in [-0.1, -0.05) is 17.7 Å². The van der Waals surface area contributed by atoms with E-state index in [9.17, 15) is 4.79 Å². The predicted molar refractivity (Wildman–Crippen MR) is 95.1 cm³/mol. The number of nitrogens with two attached hydrogens (primary N) is 1. The Hall–Kier alpha value is -1.04. The molecule has 3 nitrogen and oxygen atoms in total. The smallest absolute Gasteiger partial charge is 0.255 e. The third kappa shape index (κ3) is 3.25. The molecule has 21 heavy (non-hydrogen) atoms. The Morgan fingerprint density at radius 3 is 2.29 bits per heavy atom. The fourth-order valence-electron chi connectivity index (χ4n) is 2.00. The zero-order valence-electron chi connectivity index (χ0n) is 11.4. The molecule has 110 valence electrons. The van der Waals surface area contributed by atoms with E-state index in [0.717, 1.165) is 25.8 Å². The second-order valence-electron chi connectivity index (χ2n) is 4.63. The summed E-state index contributed by atoms with van der Waals surface area (Å²) < 4.78 is 1.53. The molecule has 0 saturated heterocycles. The van der Waals surface area contributed by atoms with Crippen LogP contribution < -0.4 is 11.1 Å². The molecule has 2 aromatic carbocycles. The molecule has 0 aliphatic carbocycles. The van der Waals surface area contributed by atoms with E-state index < -0.39 is 0 Å². The number of anilines is 2. The molecule has 0 bridgehead atoms. The number of amides is 1. The van der Waals surface area contributed by atoms with Gasteiger partial charge in [-0.25, -0.2) is 0 Å². The number of carbonyl (C=O) groups excluding carboxylic acids is 1. The van der Waals surface area contributed by atoms with Crippen molar-refractivity contribution < 1.29 is 4.79 Å². The summed E-state index contributed by atoms with van der Waals surface area (Å²) in [5.74, 6) is -0.215. The van der Waals surface area contributed by atoms with Gasteiger partial charge in [0, 0.05) is 25.2 Å². The van der Waals surface area contributed by atoms with Crippen LogP contribution >= 0.6 is 43.5 Å². The number of nitrogen functional groups attached to an aromatic ring is 1. The maximum absolute atomic E-state index is 12.3. The highest BCUT2D eigenvalue weighted by atomic mass is 79.9. The molecule has 0 heterocycles. The van der Waals surface area contributed by atoms with Crippen molar-refractivity contribution in [1.29, 1.82) is 0 Å². The Kier molecular flexibility index (Phi) is 4.96. The first-order chi connectivity index (χ1) is 9.82. The van der Waals surface area contributed by atoms with Gasteiger partial charge in [0.15, 0.2) is 0 Å². The van der Waals surface area contributed by atoms with E-state index in [2.05, 4.69) is 37.2 Å². The van der Waals surface area contributed by atoms with Gasteiger partial charge in [0.25, 0.3) is 5.91 Å². The molecule has 0 atom stereocenters. The molecule has 0 spiro atoms. The lowest BCUT2D eigenvalue weighted by atomic mass is 10.1. The summed E-state index contributed by atoms with van der Waals surface area (Å²) in [7, 11) is 0. The maximum Gasteiger partial charge on any atom is 0.255 e. The lowest BCUT2D eigenvalue weighted by molar-refractivity contribution is 0.102. The quantitative estimate of drug-likeness (QED) is 0.632. The molecule has 2 rings (SSSR count). The Morgan fingerprint density at radius 1 is 1.19 bits per heavy atom. The zero-order valence-corrected chi connectivity index (χ0v) is 15.4.